The Morgan fingerprint density at radius 1 is 1.32 bits per heavy atom. The van der Waals surface area contributed by atoms with Crippen LogP contribution in [0.4, 0.5) is 0 Å². The number of carboxylic acids is 1. The van der Waals surface area contributed by atoms with Crippen LogP contribution < -0.4 is 0 Å². The fourth-order valence-electron chi connectivity index (χ4n) is 1.50. The van der Waals surface area contributed by atoms with Gasteiger partial charge in [0.25, 0.3) is 0 Å². The van der Waals surface area contributed by atoms with Crippen LogP contribution in [0, 0.1) is 0 Å². The minimum Gasteiger partial charge on any atom is -0.478 e. The van der Waals surface area contributed by atoms with Crippen LogP contribution in [0.25, 0.3) is 6.08 Å². The second kappa shape index (κ2) is 7.63. The van der Waals surface area contributed by atoms with Crippen molar-refractivity contribution in [3.8, 4) is 0 Å². The molecule has 4 nitrogen and oxygen atoms in total. The lowest BCUT2D eigenvalue weighted by Gasteiger charge is -2.16. The first-order chi connectivity index (χ1) is 9.02. The van der Waals surface area contributed by atoms with Crippen LogP contribution >= 0.6 is 11.8 Å². The summed E-state index contributed by atoms with van der Waals surface area (Å²) < 4.78 is 0. The Balaban J connectivity index is 2.61. The number of carbonyl (C=O) groups excluding carboxylic acids is 1. The highest BCUT2D eigenvalue weighted by atomic mass is 32.2. The molecule has 0 spiro atoms. The Labute approximate surface area is 117 Å². The predicted molar refractivity (Wildman–Crippen MR) is 78.0 cm³/mol. The Bertz CT molecular complexity index is 468. The molecule has 0 bridgehead atoms. The molecule has 102 valence electrons. The molecule has 5 heteroatoms. The molecule has 1 aromatic rings. The average molecular weight is 279 g/mol. The molecule has 0 radical (unpaired) electrons. The van der Waals surface area contributed by atoms with E-state index in [1.165, 1.54) is 17.8 Å². The molecular weight excluding hydrogens is 262 g/mol. The van der Waals surface area contributed by atoms with Gasteiger partial charge >= 0.3 is 5.97 Å². The molecule has 0 aromatic heterocycles. The number of hydrogen-bond donors (Lipinski definition) is 1. The fraction of sp³-hybridized carbons (Fsp3) is 0.286. The van der Waals surface area contributed by atoms with Crippen LogP contribution in [0.5, 0.6) is 0 Å². The van der Waals surface area contributed by atoms with Gasteiger partial charge in [-0.25, -0.2) is 4.79 Å². The number of carbonyl (C=O) groups is 2. The molecule has 0 atom stereocenters. The van der Waals surface area contributed by atoms with Crippen LogP contribution in [0.3, 0.4) is 0 Å². The molecule has 0 saturated heterocycles. The van der Waals surface area contributed by atoms with Gasteiger partial charge in [0.1, 0.15) is 0 Å². The average Bonchev–Trinajstić information content (AvgIpc) is 2.38. The molecule has 0 unspecified atom stereocenters. The lowest BCUT2D eigenvalue weighted by molar-refractivity contribution is -0.131. The van der Waals surface area contributed by atoms with E-state index in [-0.39, 0.29) is 5.91 Å². The summed E-state index contributed by atoms with van der Waals surface area (Å²) >= 11 is 1.50. The second-order valence-electron chi connectivity index (χ2n) is 4.10. The Morgan fingerprint density at radius 2 is 1.95 bits per heavy atom. The van der Waals surface area contributed by atoms with Crippen molar-refractivity contribution in [1.82, 2.24) is 4.90 Å². The van der Waals surface area contributed by atoms with Gasteiger partial charge in [0.15, 0.2) is 0 Å². The van der Waals surface area contributed by atoms with Gasteiger partial charge in [-0.15, -0.1) is 0 Å². The number of carboxylic acid groups (broad SMARTS) is 1. The van der Waals surface area contributed by atoms with E-state index in [9.17, 15) is 9.59 Å². The summed E-state index contributed by atoms with van der Waals surface area (Å²) in [6, 6.07) is 7.46. The van der Waals surface area contributed by atoms with Gasteiger partial charge < -0.3 is 10.0 Å². The molecule has 0 aliphatic carbocycles. The lowest BCUT2D eigenvalue weighted by atomic mass is 10.1. The van der Waals surface area contributed by atoms with Crippen LogP contribution in [0.1, 0.15) is 11.1 Å². The monoisotopic (exact) mass is 279 g/mol. The van der Waals surface area contributed by atoms with Crippen molar-refractivity contribution < 1.29 is 14.7 Å². The molecule has 1 N–H and O–H groups in total. The van der Waals surface area contributed by atoms with E-state index in [0.717, 1.165) is 17.2 Å². The standard InChI is InChI=1S/C14H17NO3S/c1-15(13(16)10-19-2)9-12-5-3-11(4-6-12)7-8-14(17)18/h3-8H,9-10H2,1-2H3,(H,17,18). The molecule has 1 rings (SSSR count). The van der Waals surface area contributed by atoms with Crippen molar-refractivity contribution in [3.63, 3.8) is 0 Å². The van der Waals surface area contributed by atoms with Crippen molar-refractivity contribution in [2.24, 2.45) is 0 Å². The summed E-state index contributed by atoms with van der Waals surface area (Å²) in [5.41, 5.74) is 1.84. The minimum absolute atomic E-state index is 0.0994. The van der Waals surface area contributed by atoms with Crippen LogP contribution in [0.15, 0.2) is 30.3 Å². The maximum absolute atomic E-state index is 11.6. The second-order valence-corrected chi connectivity index (χ2v) is 4.96. The lowest BCUT2D eigenvalue weighted by Crippen LogP contribution is -2.27. The third-order valence-electron chi connectivity index (χ3n) is 2.51. The predicted octanol–water partition coefficient (Wildman–Crippen LogP) is 2.11. The topological polar surface area (TPSA) is 57.6 Å². The zero-order chi connectivity index (χ0) is 14.3. The summed E-state index contributed by atoms with van der Waals surface area (Å²) in [6.45, 7) is 0.558. The zero-order valence-electron chi connectivity index (χ0n) is 11.0. The summed E-state index contributed by atoms with van der Waals surface area (Å²) in [5, 5.41) is 8.53. The molecule has 0 fully saturated rings. The molecule has 0 aliphatic rings. The zero-order valence-corrected chi connectivity index (χ0v) is 11.8. The van der Waals surface area contributed by atoms with Gasteiger partial charge in [0, 0.05) is 19.7 Å². The van der Waals surface area contributed by atoms with E-state index < -0.39 is 5.97 Å². The van der Waals surface area contributed by atoms with E-state index in [2.05, 4.69) is 0 Å². The molecule has 1 amide bonds. The van der Waals surface area contributed by atoms with E-state index in [0.29, 0.717) is 12.3 Å². The van der Waals surface area contributed by atoms with Gasteiger partial charge in [-0.05, 0) is 23.5 Å². The van der Waals surface area contributed by atoms with Crippen molar-refractivity contribution >= 4 is 29.7 Å². The van der Waals surface area contributed by atoms with E-state index >= 15 is 0 Å². The van der Waals surface area contributed by atoms with Crippen molar-refractivity contribution in [3.05, 3.63) is 41.5 Å². The van der Waals surface area contributed by atoms with Gasteiger partial charge in [0.05, 0.1) is 5.75 Å². The largest absolute Gasteiger partial charge is 0.478 e. The summed E-state index contributed by atoms with van der Waals surface area (Å²) in [6.07, 6.45) is 4.53. The Hall–Kier alpha value is -1.75. The summed E-state index contributed by atoms with van der Waals surface area (Å²) in [5.74, 6) is -0.385. The highest BCUT2D eigenvalue weighted by Crippen LogP contribution is 2.09. The Morgan fingerprint density at radius 3 is 2.47 bits per heavy atom. The maximum Gasteiger partial charge on any atom is 0.328 e. The van der Waals surface area contributed by atoms with Gasteiger partial charge in [-0.2, -0.15) is 11.8 Å². The van der Waals surface area contributed by atoms with Crippen molar-refractivity contribution in [2.45, 2.75) is 6.54 Å². The first kappa shape index (κ1) is 15.3. The number of thioether (sulfide) groups is 1. The number of benzene rings is 1. The molecule has 0 heterocycles. The normalized spacial score (nSPS) is 10.6. The van der Waals surface area contributed by atoms with E-state index in [4.69, 9.17) is 5.11 Å². The number of rotatable bonds is 6. The van der Waals surface area contributed by atoms with Crippen molar-refractivity contribution in [1.29, 1.82) is 0 Å². The highest BCUT2D eigenvalue weighted by molar-refractivity contribution is 7.99. The van der Waals surface area contributed by atoms with Crippen LogP contribution in [-0.4, -0.2) is 40.9 Å². The van der Waals surface area contributed by atoms with E-state index in [1.807, 2.05) is 30.5 Å². The number of amides is 1. The summed E-state index contributed by atoms with van der Waals surface area (Å²) in [7, 11) is 1.77. The molecule has 19 heavy (non-hydrogen) atoms. The number of nitrogens with zero attached hydrogens (tertiary/aromatic N) is 1. The third kappa shape index (κ3) is 5.61. The van der Waals surface area contributed by atoms with Crippen molar-refractivity contribution in [2.75, 3.05) is 19.1 Å². The molecule has 0 aliphatic heterocycles. The third-order valence-corrected chi connectivity index (χ3v) is 3.05. The van der Waals surface area contributed by atoms with Crippen LogP contribution in [0.2, 0.25) is 0 Å². The molecular formula is C14H17NO3S. The first-order valence-electron chi connectivity index (χ1n) is 5.75. The first-order valence-corrected chi connectivity index (χ1v) is 7.15. The molecule has 0 saturated carbocycles. The van der Waals surface area contributed by atoms with E-state index in [1.54, 1.807) is 11.9 Å². The number of aliphatic carboxylic acids is 1. The summed E-state index contributed by atoms with van der Waals surface area (Å²) in [4.78, 5) is 23.7. The van der Waals surface area contributed by atoms with Gasteiger partial charge in [-0.1, -0.05) is 24.3 Å². The SMILES string of the molecule is CSCC(=O)N(C)Cc1ccc(C=CC(=O)O)cc1. The van der Waals surface area contributed by atoms with Gasteiger partial charge in [0.2, 0.25) is 5.91 Å². The minimum atomic E-state index is -0.966. The number of hydrogen-bond acceptors (Lipinski definition) is 3. The quantitative estimate of drug-likeness (QED) is 0.810. The van der Waals surface area contributed by atoms with Gasteiger partial charge in [-0.3, -0.25) is 4.79 Å². The highest BCUT2D eigenvalue weighted by Gasteiger charge is 2.07. The molecule has 1 aromatic carbocycles. The smallest absolute Gasteiger partial charge is 0.328 e. The Kier molecular flexibility index (Phi) is 6.15. The maximum atomic E-state index is 11.6. The fourth-order valence-corrected chi connectivity index (χ4v) is 1.96. The van der Waals surface area contributed by atoms with Crippen LogP contribution in [-0.2, 0) is 16.1 Å².